The number of aromatic hydroxyl groups is 1. The molecule has 0 saturated carbocycles. The lowest BCUT2D eigenvalue weighted by Gasteiger charge is -2.20. The Morgan fingerprint density at radius 2 is 1.80 bits per heavy atom. The highest BCUT2D eigenvalue weighted by Gasteiger charge is 2.22. The number of phenolic OH excluding ortho intramolecular Hbond substituents is 1. The minimum Gasteiger partial charge on any atom is -0.508 e. The molecule has 3 rings (SSSR count). The number of methoxy groups -OCH3 is 1. The van der Waals surface area contributed by atoms with Crippen molar-refractivity contribution >= 4 is 11.9 Å². The summed E-state index contributed by atoms with van der Waals surface area (Å²) in [6.45, 7) is 7.01. The zero-order valence-electron chi connectivity index (χ0n) is 20.5. The maximum absolute atomic E-state index is 11.6. The fourth-order valence-corrected chi connectivity index (χ4v) is 3.92. The zero-order chi connectivity index (χ0) is 25.7. The van der Waals surface area contributed by atoms with Crippen molar-refractivity contribution in [2.45, 2.75) is 46.6 Å². The molecule has 0 aliphatic rings. The molecular formula is C27H30N2O6. The normalized spacial score (nSPS) is 11.6. The van der Waals surface area contributed by atoms with Crippen molar-refractivity contribution < 1.29 is 29.3 Å². The van der Waals surface area contributed by atoms with E-state index in [0.717, 1.165) is 27.8 Å². The standard InChI is InChI=1S/C27H30N2O6/c1-15-10-20(13-23(27(32)33)29-18(4)30)16(2)17(3)26(15)35-22-7-8-24(31)21(12-22)11-19-6-9-25(34-5)28-14-19/h6-10,12,14,23,31H,11,13H2,1-5H3,(H,29,30)(H,32,33)/t23-/m0/s1. The Hall–Kier alpha value is -4.07. The van der Waals surface area contributed by atoms with Crippen LogP contribution < -0.4 is 14.8 Å². The number of hydrogen-bond acceptors (Lipinski definition) is 6. The number of pyridine rings is 1. The van der Waals surface area contributed by atoms with Crippen LogP contribution in [0, 0.1) is 20.8 Å². The van der Waals surface area contributed by atoms with Gasteiger partial charge in [-0.1, -0.05) is 12.1 Å². The number of ether oxygens (including phenoxy) is 2. The van der Waals surface area contributed by atoms with Gasteiger partial charge in [-0.3, -0.25) is 4.79 Å². The van der Waals surface area contributed by atoms with Crippen molar-refractivity contribution in [3.8, 4) is 23.1 Å². The van der Waals surface area contributed by atoms with E-state index in [1.165, 1.54) is 6.92 Å². The summed E-state index contributed by atoms with van der Waals surface area (Å²) in [7, 11) is 1.56. The van der Waals surface area contributed by atoms with Crippen LogP contribution >= 0.6 is 0 Å². The highest BCUT2D eigenvalue weighted by atomic mass is 16.5. The van der Waals surface area contributed by atoms with Gasteiger partial charge in [0.25, 0.3) is 0 Å². The summed E-state index contributed by atoms with van der Waals surface area (Å²) in [5.74, 6) is 0.438. The third-order valence-electron chi connectivity index (χ3n) is 5.91. The average molecular weight is 479 g/mol. The lowest BCUT2D eigenvalue weighted by Crippen LogP contribution is -2.41. The largest absolute Gasteiger partial charge is 0.508 e. The molecule has 0 saturated heterocycles. The number of aliphatic carboxylic acids is 1. The molecule has 0 aliphatic carbocycles. The number of carboxylic acids is 1. The molecule has 35 heavy (non-hydrogen) atoms. The van der Waals surface area contributed by atoms with Crippen molar-refractivity contribution in [2.24, 2.45) is 0 Å². The monoisotopic (exact) mass is 478 g/mol. The van der Waals surface area contributed by atoms with Gasteiger partial charge < -0.3 is 25.0 Å². The first-order chi connectivity index (χ1) is 16.6. The van der Waals surface area contributed by atoms with E-state index in [4.69, 9.17) is 9.47 Å². The first-order valence-electron chi connectivity index (χ1n) is 11.2. The number of rotatable bonds is 9. The first kappa shape index (κ1) is 25.6. The maximum atomic E-state index is 11.6. The molecule has 1 aromatic heterocycles. The summed E-state index contributed by atoms with van der Waals surface area (Å²) in [5.41, 5.74) is 5.04. The van der Waals surface area contributed by atoms with E-state index in [0.29, 0.717) is 29.4 Å². The van der Waals surface area contributed by atoms with Crippen LogP contribution in [0.25, 0.3) is 0 Å². The summed E-state index contributed by atoms with van der Waals surface area (Å²) in [5, 5.41) is 22.3. The van der Waals surface area contributed by atoms with Gasteiger partial charge in [0.05, 0.1) is 7.11 Å². The van der Waals surface area contributed by atoms with Crippen LogP contribution in [0.2, 0.25) is 0 Å². The number of carbonyl (C=O) groups excluding carboxylic acids is 1. The molecule has 0 spiro atoms. The molecule has 3 N–H and O–H groups in total. The molecule has 0 aliphatic heterocycles. The molecule has 0 radical (unpaired) electrons. The Labute approximate surface area is 204 Å². The average Bonchev–Trinajstić information content (AvgIpc) is 2.81. The minimum absolute atomic E-state index is 0.158. The second-order valence-electron chi connectivity index (χ2n) is 8.51. The van der Waals surface area contributed by atoms with Crippen LogP contribution in [-0.2, 0) is 22.4 Å². The first-order valence-corrected chi connectivity index (χ1v) is 11.2. The molecule has 3 aromatic rings. The minimum atomic E-state index is -1.08. The van der Waals surface area contributed by atoms with Gasteiger partial charge >= 0.3 is 5.97 Å². The number of benzene rings is 2. The number of carbonyl (C=O) groups is 2. The number of carboxylic acid groups (broad SMARTS) is 1. The van der Waals surface area contributed by atoms with Gasteiger partial charge in [0.1, 0.15) is 23.3 Å². The molecule has 2 aromatic carbocycles. The summed E-state index contributed by atoms with van der Waals surface area (Å²) in [4.78, 5) is 27.2. The van der Waals surface area contributed by atoms with Crippen LogP contribution in [0.15, 0.2) is 42.6 Å². The molecule has 8 nitrogen and oxygen atoms in total. The van der Waals surface area contributed by atoms with E-state index in [1.807, 2.05) is 32.9 Å². The SMILES string of the molecule is COc1ccc(Cc2cc(Oc3c(C)cc(C[C@H](NC(C)=O)C(=O)O)c(C)c3C)ccc2O)cn1. The Morgan fingerprint density at radius 1 is 1.06 bits per heavy atom. The summed E-state index contributed by atoms with van der Waals surface area (Å²) >= 11 is 0. The van der Waals surface area contributed by atoms with E-state index in [1.54, 1.807) is 37.6 Å². The second-order valence-corrected chi connectivity index (χ2v) is 8.51. The van der Waals surface area contributed by atoms with Crippen molar-refractivity contribution in [3.05, 3.63) is 76.0 Å². The summed E-state index contributed by atoms with van der Waals surface area (Å²) < 4.78 is 11.3. The fraction of sp³-hybridized carbons (Fsp3) is 0.296. The van der Waals surface area contributed by atoms with Gasteiger partial charge in [-0.25, -0.2) is 9.78 Å². The van der Waals surface area contributed by atoms with Gasteiger partial charge in [-0.05, 0) is 66.8 Å². The second kappa shape index (κ2) is 10.9. The Balaban J connectivity index is 1.85. The van der Waals surface area contributed by atoms with Gasteiger partial charge in [-0.15, -0.1) is 0 Å². The van der Waals surface area contributed by atoms with Gasteiger partial charge in [0.2, 0.25) is 11.8 Å². The quantitative estimate of drug-likeness (QED) is 0.421. The van der Waals surface area contributed by atoms with E-state index in [9.17, 15) is 19.8 Å². The van der Waals surface area contributed by atoms with Crippen LogP contribution in [0.4, 0.5) is 0 Å². The Bertz CT molecular complexity index is 1240. The van der Waals surface area contributed by atoms with E-state index in [2.05, 4.69) is 10.3 Å². The number of nitrogens with one attached hydrogen (secondary N) is 1. The van der Waals surface area contributed by atoms with E-state index >= 15 is 0 Å². The lowest BCUT2D eigenvalue weighted by molar-refractivity contribution is -0.141. The predicted molar refractivity (Wildman–Crippen MR) is 131 cm³/mol. The van der Waals surface area contributed by atoms with Gasteiger partial charge in [0, 0.05) is 37.6 Å². The van der Waals surface area contributed by atoms with Crippen molar-refractivity contribution in [3.63, 3.8) is 0 Å². The predicted octanol–water partition coefficient (Wildman–Crippen LogP) is 4.24. The topological polar surface area (TPSA) is 118 Å². The molecule has 0 bridgehead atoms. The van der Waals surface area contributed by atoms with Crippen molar-refractivity contribution in [1.82, 2.24) is 10.3 Å². The fourth-order valence-electron chi connectivity index (χ4n) is 3.92. The Morgan fingerprint density at radius 3 is 2.40 bits per heavy atom. The summed E-state index contributed by atoms with van der Waals surface area (Å²) in [6.07, 6.45) is 2.34. The third-order valence-corrected chi connectivity index (χ3v) is 5.91. The number of amides is 1. The van der Waals surface area contributed by atoms with Crippen molar-refractivity contribution in [1.29, 1.82) is 0 Å². The zero-order valence-corrected chi connectivity index (χ0v) is 20.5. The smallest absolute Gasteiger partial charge is 0.326 e. The molecular weight excluding hydrogens is 448 g/mol. The molecule has 0 unspecified atom stereocenters. The number of nitrogens with zero attached hydrogens (tertiary/aromatic N) is 1. The number of phenols is 1. The highest BCUT2D eigenvalue weighted by Crippen LogP contribution is 2.35. The van der Waals surface area contributed by atoms with Crippen LogP contribution in [0.5, 0.6) is 23.1 Å². The van der Waals surface area contributed by atoms with Gasteiger partial charge in [0.15, 0.2) is 0 Å². The third kappa shape index (κ3) is 6.29. The highest BCUT2D eigenvalue weighted by molar-refractivity contribution is 5.82. The van der Waals surface area contributed by atoms with Crippen LogP contribution in [-0.4, -0.2) is 40.2 Å². The van der Waals surface area contributed by atoms with Crippen LogP contribution in [0.1, 0.15) is 40.3 Å². The van der Waals surface area contributed by atoms with Crippen LogP contribution in [0.3, 0.4) is 0 Å². The molecule has 184 valence electrons. The molecule has 0 fully saturated rings. The van der Waals surface area contributed by atoms with E-state index in [-0.39, 0.29) is 12.2 Å². The molecule has 1 atom stereocenters. The number of aryl methyl sites for hydroxylation is 1. The van der Waals surface area contributed by atoms with Gasteiger partial charge in [-0.2, -0.15) is 0 Å². The molecule has 8 heteroatoms. The summed E-state index contributed by atoms with van der Waals surface area (Å²) in [6, 6.07) is 9.62. The van der Waals surface area contributed by atoms with Crippen molar-refractivity contribution in [2.75, 3.05) is 7.11 Å². The molecule has 1 heterocycles. The molecule has 1 amide bonds. The maximum Gasteiger partial charge on any atom is 0.326 e. The Kier molecular flexibility index (Phi) is 7.96. The number of aromatic nitrogens is 1. The lowest BCUT2D eigenvalue weighted by atomic mass is 9.94. The number of hydrogen-bond donors (Lipinski definition) is 3. The van der Waals surface area contributed by atoms with E-state index < -0.39 is 17.9 Å².